The smallest absolute Gasteiger partial charge is 0.220 e. The van der Waals surface area contributed by atoms with Crippen molar-refractivity contribution >= 4 is 27.2 Å². The van der Waals surface area contributed by atoms with Gasteiger partial charge in [0.05, 0.1) is 23.9 Å². The highest BCUT2D eigenvalue weighted by molar-refractivity contribution is 7.90. The number of hydrogen-bond acceptors (Lipinski definition) is 7. The van der Waals surface area contributed by atoms with Crippen molar-refractivity contribution in [2.24, 2.45) is 7.05 Å². The first-order valence-corrected chi connectivity index (χ1v) is 9.92. The van der Waals surface area contributed by atoms with Gasteiger partial charge in [-0.05, 0) is 19.1 Å². The summed E-state index contributed by atoms with van der Waals surface area (Å²) >= 11 is 6.34. The third-order valence-corrected chi connectivity index (χ3v) is 5.51. The predicted octanol–water partition coefficient (Wildman–Crippen LogP) is 1.50. The van der Waals surface area contributed by atoms with Crippen molar-refractivity contribution < 1.29 is 27.8 Å². The van der Waals surface area contributed by atoms with Crippen LogP contribution in [-0.2, 0) is 21.6 Å². The molecular weight excluding hydrogens is 384 g/mol. The molecule has 26 heavy (non-hydrogen) atoms. The maximum atomic E-state index is 12.9. The number of aromatic hydroxyl groups is 1. The van der Waals surface area contributed by atoms with Crippen LogP contribution in [0.25, 0.3) is 0 Å². The summed E-state index contributed by atoms with van der Waals surface area (Å²) in [5, 5.41) is 13.9. The van der Waals surface area contributed by atoms with E-state index in [1.165, 1.54) is 23.9 Å². The van der Waals surface area contributed by atoms with E-state index in [2.05, 4.69) is 5.10 Å². The minimum absolute atomic E-state index is 0.000525. The average molecular weight is 401 g/mol. The van der Waals surface area contributed by atoms with Gasteiger partial charge in [-0.2, -0.15) is 5.10 Å². The fraction of sp³-hybridized carbons (Fsp3) is 0.375. The lowest BCUT2D eigenvalue weighted by Gasteiger charge is -2.28. The van der Waals surface area contributed by atoms with Crippen molar-refractivity contribution in [3.63, 3.8) is 0 Å². The average Bonchev–Trinajstić information content (AvgIpc) is 2.75. The van der Waals surface area contributed by atoms with Gasteiger partial charge in [-0.3, -0.25) is 4.79 Å². The topological polar surface area (TPSA) is 108 Å². The van der Waals surface area contributed by atoms with Crippen LogP contribution in [0.2, 0.25) is 5.02 Å². The first kappa shape index (κ1) is 18.7. The second-order valence-corrected chi connectivity index (χ2v) is 8.40. The molecule has 0 saturated carbocycles. The zero-order valence-electron chi connectivity index (χ0n) is 14.3. The second kappa shape index (κ2) is 6.57. The molecule has 0 amide bonds. The molecule has 8 nitrogen and oxygen atoms in total. The minimum atomic E-state index is -3.63. The zero-order valence-corrected chi connectivity index (χ0v) is 15.9. The van der Waals surface area contributed by atoms with Gasteiger partial charge in [-0.15, -0.1) is 0 Å². The third kappa shape index (κ3) is 3.17. The summed E-state index contributed by atoms with van der Waals surface area (Å²) in [6.07, 6.45) is 0.688. The lowest BCUT2D eigenvalue weighted by atomic mass is 10.0. The first-order valence-electron chi connectivity index (χ1n) is 7.65. The molecule has 0 unspecified atom stereocenters. The third-order valence-electron chi connectivity index (χ3n) is 4.02. The number of rotatable bonds is 5. The van der Waals surface area contributed by atoms with E-state index in [4.69, 9.17) is 21.1 Å². The molecule has 3 rings (SSSR count). The van der Waals surface area contributed by atoms with Gasteiger partial charge in [-0.1, -0.05) is 11.6 Å². The van der Waals surface area contributed by atoms with Crippen LogP contribution in [-0.4, -0.2) is 54.7 Å². The molecule has 2 heterocycles. The number of ether oxygens (including phenoxy) is 2. The van der Waals surface area contributed by atoms with Gasteiger partial charge in [-0.25, -0.2) is 13.1 Å². The molecule has 2 aromatic rings. The van der Waals surface area contributed by atoms with Crippen molar-refractivity contribution in [2.45, 2.75) is 17.9 Å². The van der Waals surface area contributed by atoms with Crippen LogP contribution in [0.3, 0.4) is 0 Å². The van der Waals surface area contributed by atoms with Gasteiger partial charge in [0, 0.05) is 18.9 Å². The zero-order chi connectivity index (χ0) is 19.2. The van der Waals surface area contributed by atoms with Gasteiger partial charge in [0.1, 0.15) is 16.6 Å². The van der Waals surface area contributed by atoms with Crippen molar-refractivity contribution in [3.8, 4) is 11.6 Å². The lowest BCUT2D eigenvalue weighted by Crippen LogP contribution is -2.39. The molecule has 0 radical (unpaired) electrons. The van der Waals surface area contributed by atoms with Crippen LogP contribution in [0, 0.1) is 6.92 Å². The Morgan fingerprint density at radius 3 is 2.54 bits per heavy atom. The molecule has 1 aliphatic rings. The number of nitrogens with zero attached hydrogens (tertiary/aromatic N) is 2. The normalized spacial score (nSPS) is 14.9. The summed E-state index contributed by atoms with van der Waals surface area (Å²) in [7, 11) is -2.13. The van der Waals surface area contributed by atoms with E-state index in [1.54, 1.807) is 6.92 Å². The Balaban J connectivity index is 2.13. The van der Waals surface area contributed by atoms with Gasteiger partial charge in [0.25, 0.3) is 0 Å². The molecule has 0 atom stereocenters. The maximum absolute atomic E-state index is 12.9. The summed E-state index contributed by atoms with van der Waals surface area (Å²) < 4.78 is 36.0. The van der Waals surface area contributed by atoms with E-state index in [0.29, 0.717) is 18.9 Å². The number of sulfone groups is 1. The van der Waals surface area contributed by atoms with Gasteiger partial charge < -0.3 is 14.6 Å². The fourth-order valence-electron chi connectivity index (χ4n) is 2.61. The molecule has 1 fully saturated rings. The Morgan fingerprint density at radius 1 is 1.42 bits per heavy atom. The SMILES string of the molecule is Cc1nn(C)c(O)c1C(=O)c1ccc(S(C)(=O)=O)c(OC2COC2)c1Cl. The largest absolute Gasteiger partial charge is 0.493 e. The van der Waals surface area contributed by atoms with Crippen molar-refractivity contribution in [3.05, 3.63) is 34.0 Å². The van der Waals surface area contributed by atoms with Crippen LogP contribution in [0.1, 0.15) is 21.6 Å². The molecule has 0 bridgehead atoms. The van der Waals surface area contributed by atoms with Gasteiger partial charge >= 0.3 is 0 Å². The van der Waals surface area contributed by atoms with Crippen molar-refractivity contribution in [1.29, 1.82) is 0 Å². The van der Waals surface area contributed by atoms with Crippen molar-refractivity contribution in [2.75, 3.05) is 19.5 Å². The Hall–Kier alpha value is -2.10. The highest BCUT2D eigenvalue weighted by Gasteiger charge is 2.30. The minimum Gasteiger partial charge on any atom is -0.493 e. The molecule has 0 aliphatic carbocycles. The molecule has 1 aromatic heterocycles. The van der Waals surface area contributed by atoms with Crippen LogP contribution < -0.4 is 4.74 Å². The highest BCUT2D eigenvalue weighted by atomic mass is 35.5. The predicted molar refractivity (Wildman–Crippen MR) is 92.8 cm³/mol. The molecule has 1 saturated heterocycles. The van der Waals surface area contributed by atoms with Crippen LogP contribution in [0.4, 0.5) is 0 Å². The monoisotopic (exact) mass is 400 g/mol. The Bertz CT molecular complexity index is 995. The summed E-state index contributed by atoms with van der Waals surface area (Å²) in [6.45, 7) is 2.19. The molecular formula is C16H17ClN2O6S. The molecule has 1 aromatic carbocycles. The summed E-state index contributed by atoms with van der Waals surface area (Å²) in [4.78, 5) is 12.8. The molecule has 140 valence electrons. The number of carbonyl (C=O) groups excluding carboxylic acids is 1. The van der Waals surface area contributed by atoms with E-state index in [0.717, 1.165) is 6.26 Å². The molecule has 10 heteroatoms. The van der Waals surface area contributed by atoms with Gasteiger partial charge in [0.15, 0.2) is 15.6 Å². The van der Waals surface area contributed by atoms with E-state index in [-0.39, 0.29) is 38.8 Å². The maximum Gasteiger partial charge on any atom is 0.220 e. The van der Waals surface area contributed by atoms with E-state index >= 15 is 0 Å². The Kier molecular flexibility index (Phi) is 4.72. The molecule has 0 spiro atoms. The number of halogens is 1. The molecule has 1 aliphatic heterocycles. The van der Waals surface area contributed by atoms with E-state index in [1.807, 2.05) is 0 Å². The lowest BCUT2D eigenvalue weighted by molar-refractivity contribution is -0.0806. The Labute approximate surface area is 155 Å². The van der Waals surface area contributed by atoms with Crippen LogP contribution in [0.15, 0.2) is 17.0 Å². The first-order chi connectivity index (χ1) is 12.1. The van der Waals surface area contributed by atoms with Crippen LogP contribution in [0.5, 0.6) is 11.6 Å². The van der Waals surface area contributed by atoms with Crippen LogP contribution >= 0.6 is 11.6 Å². The number of benzene rings is 1. The van der Waals surface area contributed by atoms with E-state index < -0.39 is 15.6 Å². The number of hydrogen-bond donors (Lipinski definition) is 1. The fourth-order valence-corrected chi connectivity index (χ4v) is 3.76. The molecule has 1 N–H and O–H groups in total. The number of aromatic nitrogens is 2. The highest BCUT2D eigenvalue weighted by Crippen LogP contribution is 2.38. The quantitative estimate of drug-likeness (QED) is 0.757. The van der Waals surface area contributed by atoms with E-state index in [9.17, 15) is 18.3 Å². The standard InChI is InChI=1S/C16H17ClN2O6S/c1-8-12(16(21)19(2)18-8)14(20)10-4-5-11(26(3,22)23)15(13(10)17)25-9-6-24-7-9/h4-5,9,21H,6-7H2,1-3H3. The Morgan fingerprint density at radius 2 is 2.08 bits per heavy atom. The van der Waals surface area contributed by atoms with Gasteiger partial charge in [0.2, 0.25) is 11.7 Å². The number of aryl methyl sites for hydroxylation is 2. The summed E-state index contributed by atoms with van der Waals surface area (Å²) in [5.41, 5.74) is 0.341. The summed E-state index contributed by atoms with van der Waals surface area (Å²) in [6, 6.07) is 2.57. The number of carbonyl (C=O) groups is 1. The number of ketones is 1. The second-order valence-electron chi connectivity index (χ2n) is 6.04. The van der Waals surface area contributed by atoms with Crippen molar-refractivity contribution in [1.82, 2.24) is 9.78 Å². The summed E-state index contributed by atoms with van der Waals surface area (Å²) in [5.74, 6) is -0.965.